The highest BCUT2D eigenvalue weighted by atomic mass is 127. The van der Waals surface area contributed by atoms with Crippen LogP contribution in [0, 0.1) is 3.57 Å². The van der Waals surface area contributed by atoms with Gasteiger partial charge in [0.25, 0.3) is 0 Å². The third kappa shape index (κ3) is 2.31. The monoisotopic (exact) mass is 376 g/mol. The van der Waals surface area contributed by atoms with Gasteiger partial charge in [-0.3, -0.25) is 4.79 Å². The second kappa shape index (κ2) is 4.49. The number of halogens is 2. The molecule has 1 heterocycles. The van der Waals surface area contributed by atoms with E-state index in [4.69, 9.17) is 4.42 Å². The minimum Gasteiger partial charge on any atom is -0.453 e. The molecule has 0 aliphatic rings. The Morgan fingerprint density at radius 3 is 2.67 bits per heavy atom. The molecule has 2 rings (SSSR count). The first-order valence-electron chi connectivity index (χ1n) is 4.21. The van der Waals surface area contributed by atoms with Crippen molar-refractivity contribution in [1.29, 1.82) is 0 Å². The summed E-state index contributed by atoms with van der Waals surface area (Å²) < 4.78 is 7.48. The molecule has 0 aliphatic carbocycles. The summed E-state index contributed by atoms with van der Waals surface area (Å²) in [6, 6.07) is 9.36. The second-order valence-corrected chi connectivity index (χ2v) is 4.97. The van der Waals surface area contributed by atoms with Crippen LogP contribution in [-0.4, -0.2) is 6.29 Å². The molecule has 0 spiro atoms. The lowest BCUT2D eigenvalue weighted by Crippen LogP contribution is -1.78. The Morgan fingerprint density at radius 2 is 2.07 bits per heavy atom. The van der Waals surface area contributed by atoms with Crippen LogP contribution in [0.2, 0.25) is 0 Å². The number of benzene rings is 1. The van der Waals surface area contributed by atoms with Crippen LogP contribution in [-0.2, 0) is 0 Å². The summed E-state index contributed by atoms with van der Waals surface area (Å²) >= 11 is 5.66. The van der Waals surface area contributed by atoms with Crippen LogP contribution in [0.25, 0.3) is 11.3 Å². The summed E-state index contributed by atoms with van der Waals surface area (Å²) in [5.74, 6) is 1.06. The third-order valence-corrected chi connectivity index (χ3v) is 4.27. The molecule has 4 heteroatoms. The Hall–Kier alpha value is -0.620. The molecule has 0 atom stereocenters. The molecule has 0 fully saturated rings. The van der Waals surface area contributed by atoms with Gasteiger partial charge in [-0.2, -0.15) is 0 Å². The zero-order chi connectivity index (χ0) is 10.8. The molecule has 2 nitrogen and oxygen atoms in total. The summed E-state index contributed by atoms with van der Waals surface area (Å²) in [6.45, 7) is 0. The lowest BCUT2D eigenvalue weighted by atomic mass is 10.2. The fourth-order valence-electron chi connectivity index (χ4n) is 1.22. The molecule has 0 saturated carbocycles. The second-order valence-electron chi connectivity index (χ2n) is 2.95. The van der Waals surface area contributed by atoms with E-state index in [0.717, 1.165) is 13.6 Å². The highest BCUT2D eigenvalue weighted by Crippen LogP contribution is 2.27. The topological polar surface area (TPSA) is 30.2 Å². The normalized spacial score (nSPS) is 10.3. The minimum atomic E-state index is 0.350. The van der Waals surface area contributed by atoms with E-state index < -0.39 is 0 Å². The summed E-state index contributed by atoms with van der Waals surface area (Å²) in [6.07, 6.45) is 0.702. The van der Waals surface area contributed by atoms with E-state index in [1.807, 2.05) is 18.2 Å². The maximum Gasteiger partial charge on any atom is 0.185 e. The van der Waals surface area contributed by atoms with Crippen LogP contribution < -0.4 is 0 Å². The first-order valence-corrected chi connectivity index (χ1v) is 6.08. The number of hydrogen-bond donors (Lipinski definition) is 0. The predicted octanol–water partition coefficient (Wildman–Crippen LogP) is 4.13. The van der Waals surface area contributed by atoms with Crippen molar-refractivity contribution >= 4 is 44.8 Å². The van der Waals surface area contributed by atoms with Crippen LogP contribution in [0.3, 0.4) is 0 Å². The van der Waals surface area contributed by atoms with E-state index in [2.05, 4.69) is 38.5 Å². The van der Waals surface area contributed by atoms with E-state index in [-0.39, 0.29) is 0 Å². The summed E-state index contributed by atoms with van der Waals surface area (Å²) in [5, 5.41) is 0. The first kappa shape index (κ1) is 10.9. The molecular formula is C11H6BrIO2. The largest absolute Gasteiger partial charge is 0.453 e. The number of hydrogen-bond acceptors (Lipinski definition) is 2. The van der Waals surface area contributed by atoms with Gasteiger partial charge in [0, 0.05) is 13.6 Å². The number of rotatable bonds is 2. The molecule has 0 unspecified atom stereocenters. The molecule has 0 amide bonds. The van der Waals surface area contributed by atoms with Crippen LogP contribution in [0.15, 0.2) is 39.2 Å². The van der Waals surface area contributed by atoms with Crippen LogP contribution >= 0.6 is 38.5 Å². The van der Waals surface area contributed by atoms with Gasteiger partial charge in [0.1, 0.15) is 5.76 Å². The van der Waals surface area contributed by atoms with Crippen molar-refractivity contribution in [2.45, 2.75) is 0 Å². The Bertz CT molecular complexity index is 505. The Kier molecular flexibility index (Phi) is 3.25. The number of carbonyl (C=O) groups is 1. The van der Waals surface area contributed by atoms with E-state index in [1.165, 1.54) is 0 Å². The highest BCUT2D eigenvalue weighted by Gasteiger charge is 2.05. The van der Waals surface area contributed by atoms with Gasteiger partial charge in [-0.05, 0) is 62.8 Å². The van der Waals surface area contributed by atoms with Crippen LogP contribution in [0.4, 0.5) is 0 Å². The van der Waals surface area contributed by atoms with E-state index >= 15 is 0 Å². The van der Waals surface area contributed by atoms with Crippen molar-refractivity contribution < 1.29 is 9.21 Å². The van der Waals surface area contributed by atoms with Gasteiger partial charge in [-0.25, -0.2) is 0 Å². The standard InChI is InChI=1S/C11H6BrIO2/c12-9-3-1-7(5-10(9)13)11-4-2-8(6-14)15-11/h1-6H. The van der Waals surface area contributed by atoms with Gasteiger partial charge in [-0.1, -0.05) is 6.07 Å². The SMILES string of the molecule is O=Cc1ccc(-c2ccc(Br)c(I)c2)o1. The van der Waals surface area contributed by atoms with Gasteiger partial charge >= 0.3 is 0 Å². The molecule has 2 aromatic rings. The Labute approximate surface area is 109 Å². The first-order chi connectivity index (χ1) is 7.20. The average molecular weight is 377 g/mol. The molecule has 15 heavy (non-hydrogen) atoms. The maximum absolute atomic E-state index is 10.5. The molecule has 0 radical (unpaired) electrons. The fourth-order valence-corrected chi connectivity index (χ4v) is 1.98. The van der Waals surface area contributed by atoms with Crippen LogP contribution in [0.1, 0.15) is 10.6 Å². The Balaban J connectivity index is 2.44. The number of aldehydes is 1. The smallest absolute Gasteiger partial charge is 0.185 e. The van der Waals surface area contributed by atoms with E-state index in [9.17, 15) is 4.79 Å². The lowest BCUT2D eigenvalue weighted by Gasteiger charge is -1.99. The molecule has 1 aromatic carbocycles. The highest BCUT2D eigenvalue weighted by molar-refractivity contribution is 14.1. The van der Waals surface area contributed by atoms with Gasteiger partial charge < -0.3 is 4.42 Å². The molecular weight excluding hydrogens is 371 g/mol. The molecule has 0 bridgehead atoms. The van der Waals surface area contributed by atoms with Crippen molar-refractivity contribution in [2.24, 2.45) is 0 Å². The summed E-state index contributed by atoms with van der Waals surface area (Å²) in [4.78, 5) is 10.5. The Morgan fingerprint density at radius 1 is 1.27 bits per heavy atom. The van der Waals surface area contributed by atoms with E-state index in [0.29, 0.717) is 17.8 Å². The van der Waals surface area contributed by atoms with E-state index in [1.54, 1.807) is 12.1 Å². The molecule has 0 saturated heterocycles. The fraction of sp³-hybridized carbons (Fsp3) is 0. The van der Waals surface area contributed by atoms with Gasteiger partial charge in [0.2, 0.25) is 0 Å². The summed E-state index contributed by atoms with van der Waals surface area (Å²) in [5.41, 5.74) is 0.968. The zero-order valence-electron chi connectivity index (χ0n) is 7.54. The van der Waals surface area contributed by atoms with Crippen molar-refractivity contribution in [3.05, 3.63) is 44.1 Å². The third-order valence-electron chi connectivity index (χ3n) is 1.95. The minimum absolute atomic E-state index is 0.350. The molecule has 0 aliphatic heterocycles. The van der Waals surface area contributed by atoms with Crippen molar-refractivity contribution in [1.82, 2.24) is 0 Å². The average Bonchev–Trinajstić information content (AvgIpc) is 2.70. The molecule has 76 valence electrons. The number of furan rings is 1. The van der Waals surface area contributed by atoms with Gasteiger partial charge in [-0.15, -0.1) is 0 Å². The van der Waals surface area contributed by atoms with Crippen LogP contribution in [0.5, 0.6) is 0 Å². The maximum atomic E-state index is 10.5. The van der Waals surface area contributed by atoms with Gasteiger partial charge in [0.15, 0.2) is 12.0 Å². The predicted molar refractivity (Wildman–Crippen MR) is 69.9 cm³/mol. The lowest BCUT2D eigenvalue weighted by molar-refractivity contribution is 0.110. The molecule has 1 aromatic heterocycles. The van der Waals surface area contributed by atoms with Crippen molar-refractivity contribution in [3.8, 4) is 11.3 Å². The molecule has 0 N–H and O–H groups in total. The number of carbonyl (C=O) groups excluding carboxylic acids is 1. The van der Waals surface area contributed by atoms with Crippen molar-refractivity contribution in [2.75, 3.05) is 0 Å². The van der Waals surface area contributed by atoms with Crippen molar-refractivity contribution in [3.63, 3.8) is 0 Å². The van der Waals surface area contributed by atoms with Gasteiger partial charge in [0.05, 0.1) is 0 Å². The quantitative estimate of drug-likeness (QED) is 0.582. The summed E-state index contributed by atoms with van der Waals surface area (Å²) in [7, 11) is 0. The zero-order valence-corrected chi connectivity index (χ0v) is 11.3.